The van der Waals surface area contributed by atoms with Crippen molar-refractivity contribution >= 4 is 23.2 Å². The fourth-order valence-corrected chi connectivity index (χ4v) is 1.48. The Morgan fingerprint density at radius 1 is 1.26 bits per heavy atom. The molecule has 0 radical (unpaired) electrons. The summed E-state index contributed by atoms with van der Waals surface area (Å²) >= 11 is 0. The molecular weight excluding hydrogens is 249 g/mol. The monoisotopic (exact) mass is 267 g/mol. The Kier molecular flexibility index (Phi) is 5.95. The molecule has 19 heavy (non-hydrogen) atoms. The van der Waals surface area contributed by atoms with Crippen molar-refractivity contribution in [2.75, 3.05) is 23.7 Å². The maximum absolute atomic E-state index is 13.5. The van der Waals surface area contributed by atoms with Crippen molar-refractivity contribution in [3.63, 3.8) is 0 Å². The lowest BCUT2D eigenvalue weighted by Crippen LogP contribution is -2.28. The predicted molar refractivity (Wildman–Crippen MR) is 72.5 cm³/mol. The van der Waals surface area contributed by atoms with Crippen molar-refractivity contribution in [3.8, 4) is 0 Å². The van der Waals surface area contributed by atoms with Crippen molar-refractivity contribution in [1.82, 2.24) is 5.32 Å². The molecule has 0 aliphatic heterocycles. The smallest absolute Gasteiger partial charge is 0.238 e. The number of nitrogens with one attached hydrogen (secondary N) is 3. The molecule has 1 aromatic carbocycles. The summed E-state index contributed by atoms with van der Waals surface area (Å²) in [5.74, 6) is -1.13. The number of anilines is 2. The van der Waals surface area contributed by atoms with E-state index in [1.165, 1.54) is 25.1 Å². The summed E-state index contributed by atoms with van der Waals surface area (Å²) in [6.45, 7) is 4.19. The first-order chi connectivity index (χ1) is 9.02. The van der Waals surface area contributed by atoms with Crippen molar-refractivity contribution in [1.29, 1.82) is 0 Å². The summed E-state index contributed by atoms with van der Waals surface area (Å²) in [6, 6.07) is 4.01. The minimum absolute atomic E-state index is 0.0505. The van der Waals surface area contributed by atoms with Gasteiger partial charge >= 0.3 is 0 Å². The summed E-state index contributed by atoms with van der Waals surface area (Å²) < 4.78 is 13.5. The lowest BCUT2D eigenvalue weighted by Gasteiger charge is -2.09. The van der Waals surface area contributed by atoms with Gasteiger partial charge in [0.15, 0.2) is 0 Å². The molecular formula is C13H18FN3O2. The summed E-state index contributed by atoms with van der Waals surface area (Å²) in [6.07, 6.45) is 0.916. The van der Waals surface area contributed by atoms with E-state index >= 15 is 0 Å². The number of halogens is 1. The Bertz CT molecular complexity index is 463. The predicted octanol–water partition coefficient (Wildman–Crippen LogP) is 1.72. The molecule has 0 saturated heterocycles. The second-order valence-corrected chi connectivity index (χ2v) is 4.10. The standard InChI is InChI=1S/C13H18FN3O2/c1-3-6-15-8-13(19)17-12-7-10(16-9(2)18)4-5-11(12)14/h4-5,7,15H,3,6,8H2,1-2H3,(H,16,18)(H,17,19). The molecule has 104 valence electrons. The van der Waals surface area contributed by atoms with Crippen LogP contribution in [-0.2, 0) is 9.59 Å². The van der Waals surface area contributed by atoms with Crippen molar-refractivity contribution in [2.24, 2.45) is 0 Å². The van der Waals surface area contributed by atoms with Crippen LogP contribution in [0.4, 0.5) is 15.8 Å². The van der Waals surface area contributed by atoms with Crippen LogP contribution in [0.3, 0.4) is 0 Å². The van der Waals surface area contributed by atoms with Gasteiger partial charge in [0.1, 0.15) is 5.82 Å². The molecule has 6 heteroatoms. The fraction of sp³-hybridized carbons (Fsp3) is 0.385. The van der Waals surface area contributed by atoms with Gasteiger partial charge in [-0.1, -0.05) is 6.92 Å². The normalized spacial score (nSPS) is 10.1. The quantitative estimate of drug-likeness (QED) is 0.687. The maximum atomic E-state index is 13.5. The Labute approximate surface area is 111 Å². The number of benzene rings is 1. The highest BCUT2D eigenvalue weighted by molar-refractivity contribution is 5.94. The van der Waals surface area contributed by atoms with Gasteiger partial charge in [-0.25, -0.2) is 4.39 Å². The zero-order valence-corrected chi connectivity index (χ0v) is 11.0. The summed E-state index contributed by atoms with van der Waals surface area (Å²) in [4.78, 5) is 22.4. The lowest BCUT2D eigenvalue weighted by atomic mass is 10.2. The third kappa shape index (κ3) is 5.48. The van der Waals surface area contributed by atoms with Crippen LogP contribution in [0.1, 0.15) is 20.3 Å². The van der Waals surface area contributed by atoms with E-state index in [-0.39, 0.29) is 24.0 Å². The minimum atomic E-state index is -0.544. The van der Waals surface area contributed by atoms with Crippen LogP contribution in [0.25, 0.3) is 0 Å². The van der Waals surface area contributed by atoms with Crippen molar-refractivity contribution in [2.45, 2.75) is 20.3 Å². The van der Waals surface area contributed by atoms with Crippen molar-refractivity contribution in [3.05, 3.63) is 24.0 Å². The van der Waals surface area contributed by atoms with Gasteiger partial charge in [-0.2, -0.15) is 0 Å². The van der Waals surface area contributed by atoms with Crippen LogP contribution in [0.5, 0.6) is 0 Å². The molecule has 0 fully saturated rings. The summed E-state index contributed by atoms with van der Waals surface area (Å²) in [5.41, 5.74) is 0.486. The third-order valence-corrected chi connectivity index (χ3v) is 2.27. The highest BCUT2D eigenvalue weighted by Gasteiger charge is 2.08. The molecule has 5 nitrogen and oxygen atoms in total. The number of carbonyl (C=O) groups excluding carboxylic acids is 2. The first kappa shape index (κ1) is 15.1. The Morgan fingerprint density at radius 3 is 2.63 bits per heavy atom. The highest BCUT2D eigenvalue weighted by Crippen LogP contribution is 2.19. The van der Waals surface area contributed by atoms with Gasteiger partial charge in [0, 0.05) is 12.6 Å². The zero-order chi connectivity index (χ0) is 14.3. The molecule has 0 aliphatic rings. The fourth-order valence-electron chi connectivity index (χ4n) is 1.48. The maximum Gasteiger partial charge on any atom is 0.238 e. The van der Waals surface area contributed by atoms with Crippen LogP contribution >= 0.6 is 0 Å². The Morgan fingerprint density at radius 2 is 2.00 bits per heavy atom. The van der Waals surface area contributed by atoms with E-state index in [2.05, 4.69) is 16.0 Å². The molecule has 2 amide bonds. The van der Waals surface area contributed by atoms with E-state index in [1.54, 1.807) is 0 Å². The molecule has 1 aromatic rings. The van der Waals surface area contributed by atoms with E-state index in [0.29, 0.717) is 5.69 Å². The van der Waals surface area contributed by atoms with Crippen LogP contribution in [0, 0.1) is 5.82 Å². The van der Waals surface area contributed by atoms with Crippen molar-refractivity contribution < 1.29 is 14.0 Å². The second-order valence-electron chi connectivity index (χ2n) is 4.10. The molecule has 0 unspecified atom stereocenters. The van der Waals surface area contributed by atoms with Gasteiger partial charge in [-0.05, 0) is 31.2 Å². The molecule has 0 saturated carbocycles. The molecule has 3 N–H and O–H groups in total. The minimum Gasteiger partial charge on any atom is -0.326 e. The van der Waals surface area contributed by atoms with Crippen LogP contribution < -0.4 is 16.0 Å². The number of hydrogen-bond acceptors (Lipinski definition) is 3. The van der Waals surface area contributed by atoms with Gasteiger partial charge < -0.3 is 16.0 Å². The van der Waals surface area contributed by atoms with Gasteiger partial charge in [0.25, 0.3) is 0 Å². The first-order valence-electron chi connectivity index (χ1n) is 6.10. The average Bonchev–Trinajstić information content (AvgIpc) is 2.33. The van der Waals surface area contributed by atoms with Crippen LogP contribution in [0.2, 0.25) is 0 Å². The van der Waals surface area contributed by atoms with Crippen LogP contribution in [0.15, 0.2) is 18.2 Å². The van der Waals surface area contributed by atoms with Gasteiger partial charge in [0.2, 0.25) is 11.8 Å². The average molecular weight is 267 g/mol. The Balaban J connectivity index is 2.65. The van der Waals surface area contributed by atoms with E-state index in [4.69, 9.17) is 0 Å². The number of amides is 2. The first-order valence-corrected chi connectivity index (χ1v) is 6.10. The molecule has 0 aromatic heterocycles. The highest BCUT2D eigenvalue weighted by atomic mass is 19.1. The molecule has 0 bridgehead atoms. The van der Waals surface area contributed by atoms with Gasteiger partial charge in [-0.3, -0.25) is 9.59 Å². The molecule has 0 aliphatic carbocycles. The number of rotatable bonds is 6. The molecule has 0 atom stereocenters. The molecule has 0 heterocycles. The lowest BCUT2D eigenvalue weighted by molar-refractivity contribution is -0.115. The molecule has 1 rings (SSSR count). The van der Waals surface area contributed by atoms with E-state index in [9.17, 15) is 14.0 Å². The summed E-state index contributed by atoms with van der Waals surface area (Å²) in [5, 5.41) is 7.90. The Hall–Kier alpha value is -1.95. The SMILES string of the molecule is CCCNCC(=O)Nc1cc(NC(C)=O)ccc1F. The van der Waals surface area contributed by atoms with Crippen LogP contribution in [-0.4, -0.2) is 24.9 Å². The summed E-state index contributed by atoms with van der Waals surface area (Å²) in [7, 11) is 0. The van der Waals surface area contributed by atoms with Gasteiger partial charge in [-0.15, -0.1) is 0 Å². The van der Waals surface area contributed by atoms with E-state index < -0.39 is 5.82 Å². The molecule has 0 spiro atoms. The van der Waals surface area contributed by atoms with E-state index in [0.717, 1.165) is 13.0 Å². The van der Waals surface area contributed by atoms with E-state index in [1.807, 2.05) is 6.92 Å². The second kappa shape index (κ2) is 7.48. The topological polar surface area (TPSA) is 70.2 Å². The third-order valence-electron chi connectivity index (χ3n) is 2.27. The van der Waals surface area contributed by atoms with Gasteiger partial charge in [0.05, 0.1) is 12.2 Å². The number of hydrogen-bond donors (Lipinski definition) is 3. The zero-order valence-electron chi connectivity index (χ0n) is 11.0. The largest absolute Gasteiger partial charge is 0.326 e. The number of carbonyl (C=O) groups is 2.